The van der Waals surface area contributed by atoms with Crippen LogP contribution in [0, 0.1) is 11.6 Å². The van der Waals surface area contributed by atoms with E-state index < -0.39 is 29.1 Å². The molecule has 2 amide bonds. The molecule has 1 aromatic carbocycles. The fourth-order valence-electron chi connectivity index (χ4n) is 1.66. The van der Waals surface area contributed by atoms with E-state index in [0.29, 0.717) is 0 Å². The number of benzene rings is 1. The van der Waals surface area contributed by atoms with Gasteiger partial charge in [0.05, 0.1) is 6.54 Å². The monoisotopic (exact) mass is 281 g/mol. The van der Waals surface area contributed by atoms with Crippen LogP contribution in [0.4, 0.5) is 8.78 Å². The van der Waals surface area contributed by atoms with Crippen molar-refractivity contribution in [1.82, 2.24) is 15.0 Å². The second kappa shape index (κ2) is 5.03. The Morgan fingerprint density at radius 1 is 1.20 bits per heavy atom. The van der Waals surface area contributed by atoms with Gasteiger partial charge in [-0.1, -0.05) is 5.21 Å². The van der Waals surface area contributed by atoms with Crippen LogP contribution >= 0.6 is 0 Å². The lowest BCUT2D eigenvalue weighted by Gasteiger charge is -2.06. The highest BCUT2D eigenvalue weighted by molar-refractivity contribution is 6.03. The SMILES string of the molecule is NC(=O)c1nnn(Cc2cc(F)ccc2F)c1C(N)=O. The molecule has 0 fully saturated rings. The maximum Gasteiger partial charge on any atom is 0.271 e. The molecule has 0 spiro atoms. The molecule has 0 bridgehead atoms. The van der Waals surface area contributed by atoms with Crippen molar-refractivity contribution in [3.8, 4) is 0 Å². The molecule has 4 N–H and O–H groups in total. The lowest BCUT2D eigenvalue weighted by molar-refractivity contribution is 0.0959. The predicted octanol–water partition coefficient (Wildman–Crippen LogP) is -0.198. The minimum absolute atomic E-state index is 0.0755. The van der Waals surface area contributed by atoms with Crippen molar-refractivity contribution >= 4 is 11.8 Å². The number of nitrogens with zero attached hydrogens (tertiary/aromatic N) is 3. The van der Waals surface area contributed by atoms with Crippen molar-refractivity contribution in [3.63, 3.8) is 0 Å². The molecular weight excluding hydrogens is 272 g/mol. The van der Waals surface area contributed by atoms with Crippen molar-refractivity contribution in [3.05, 3.63) is 46.8 Å². The number of nitrogens with two attached hydrogens (primary N) is 2. The van der Waals surface area contributed by atoms with Crippen molar-refractivity contribution in [2.24, 2.45) is 11.5 Å². The Bertz CT molecular complexity index is 698. The van der Waals surface area contributed by atoms with E-state index in [-0.39, 0.29) is 17.8 Å². The molecule has 20 heavy (non-hydrogen) atoms. The Labute approximate surface area is 111 Å². The predicted molar refractivity (Wildman–Crippen MR) is 62.5 cm³/mol. The molecule has 0 atom stereocenters. The van der Waals surface area contributed by atoms with Crippen LogP contribution < -0.4 is 11.5 Å². The summed E-state index contributed by atoms with van der Waals surface area (Å²) in [6.45, 7) is -0.317. The van der Waals surface area contributed by atoms with Crippen LogP contribution in [0.15, 0.2) is 18.2 Å². The van der Waals surface area contributed by atoms with Crippen molar-refractivity contribution in [2.45, 2.75) is 6.54 Å². The van der Waals surface area contributed by atoms with Gasteiger partial charge in [-0.3, -0.25) is 9.59 Å². The van der Waals surface area contributed by atoms with Gasteiger partial charge in [-0.05, 0) is 18.2 Å². The third kappa shape index (κ3) is 2.46. The number of halogens is 2. The third-order valence-electron chi connectivity index (χ3n) is 2.53. The summed E-state index contributed by atoms with van der Waals surface area (Å²) in [4.78, 5) is 22.4. The molecule has 0 radical (unpaired) electrons. The summed E-state index contributed by atoms with van der Waals surface area (Å²) in [6.07, 6.45) is 0. The summed E-state index contributed by atoms with van der Waals surface area (Å²) >= 11 is 0. The highest BCUT2D eigenvalue weighted by Gasteiger charge is 2.22. The fourth-order valence-corrected chi connectivity index (χ4v) is 1.66. The molecule has 0 saturated heterocycles. The highest BCUT2D eigenvalue weighted by atomic mass is 19.1. The first-order valence-corrected chi connectivity index (χ1v) is 5.37. The molecule has 0 aliphatic heterocycles. The van der Waals surface area contributed by atoms with Crippen LogP contribution in [-0.4, -0.2) is 26.8 Å². The minimum Gasteiger partial charge on any atom is -0.364 e. The topological polar surface area (TPSA) is 117 Å². The zero-order valence-electron chi connectivity index (χ0n) is 10.0. The minimum atomic E-state index is -0.999. The zero-order chi connectivity index (χ0) is 14.9. The number of primary amides is 2. The first-order chi connectivity index (χ1) is 9.40. The number of hydrogen-bond donors (Lipinski definition) is 2. The Hall–Kier alpha value is -2.84. The van der Waals surface area contributed by atoms with Gasteiger partial charge >= 0.3 is 0 Å². The fraction of sp³-hybridized carbons (Fsp3) is 0.0909. The standard InChI is InChI=1S/C11H9F2N5O2/c12-6-1-2-7(13)5(3-6)4-18-9(11(15)20)8(10(14)19)16-17-18/h1-3H,4H2,(H2,14,19)(H2,15,20). The van der Waals surface area contributed by atoms with Crippen molar-refractivity contribution in [1.29, 1.82) is 0 Å². The van der Waals surface area contributed by atoms with Gasteiger partial charge in [0.1, 0.15) is 11.6 Å². The third-order valence-corrected chi connectivity index (χ3v) is 2.53. The van der Waals surface area contributed by atoms with Gasteiger partial charge in [0.25, 0.3) is 11.8 Å². The van der Waals surface area contributed by atoms with Crippen molar-refractivity contribution in [2.75, 3.05) is 0 Å². The average Bonchev–Trinajstić information content (AvgIpc) is 2.78. The van der Waals surface area contributed by atoms with Gasteiger partial charge in [-0.15, -0.1) is 5.10 Å². The summed E-state index contributed by atoms with van der Waals surface area (Å²) in [5, 5.41) is 6.91. The summed E-state index contributed by atoms with van der Waals surface area (Å²) in [5.41, 5.74) is 9.26. The number of amides is 2. The average molecular weight is 281 g/mol. The lowest BCUT2D eigenvalue weighted by atomic mass is 10.2. The Kier molecular flexibility index (Phi) is 3.42. The van der Waals surface area contributed by atoms with Gasteiger partial charge < -0.3 is 11.5 Å². The van der Waals surface area contributed by atoms with Gasteiger partial charge in [-0.25, -0.2) is 13.5 Å². The largest absolute Gasteiger partial charge is 0.364 e. The molecule has 0 aliphatic carbocycles. The molecule has 2 aromatic rings. The number of hydrogen-bond acceptors (Lipinski definition) is 4. The molecule has 2 rings (SSSR count). The van der Waals surface area contributed by atoms with Crippen LogP contribution in [-0.2, 0) is 6.54 Å². The summed E-state index contributed by atoms with van der Waals surface area (Å²) in [7, 11) is 0. The Morgan fingerprint density at radius 2 is 1.90 bits per heavy atom. The number of carbonyl (C=O) groups is 2. The van der Waals surface area contributed by atoms with E-state index in [4.69, 9.17) is 11.5 Å². The van der Waals surface area contributed by atoms with Gasteiger partial charge in [0.2, 0.25) is 0 Å². The van der Waals surface area contributed by atoms with Gasteiger partial charge in [0, 0.05) is 5.56 Å². The number of aromatic nitrogens is 3. The van der Waals surface area contributed by atoms with E-state index in [1.165, 1.54) is 0 Å². The van der Waals surface area contributed by atoms with Gasteiger partial charge in [-0.2, -0.15) is 0 Å². The molecular formula is C11H9F2N5O2. The lowest BCUT2D eigenvalue weighted by Crippen LogP contribution is -2.24. The van der Waals surface area contributed by atoms with E-state index >= 15 is 0 Å². The number of carbonyl (C=O) groups excluding carboxylic acids is 2. The highest BCUT2D eigenvalue weighted by Crippen LogP contribution is 2.13. The van der Waals surface area contributed by atoms with E-state index in [2.05, 4.69) is 10.3 Å². The molecule has 1 aromatic heterocycles. The van der Waals surface area contributed by atoms with E-state index in [1.807, 2.05) is 0 Å². The molecule has 0 unspecified atom stereocenters. The molecule has 0 saturated carbocycles. The summed E-state index contributed by atoms with van der Waals surface area (Å²) in [5.74, 6) is -3.35. The van der Waals surface area contributed by atoms with Gasteiger partial charge in [0.15, 0.2) is 11.4 Å². The van der Waals surface area contributed by atoms with Crippen LogP contribution in [0.3, 0.4) is 0 Å². The van der Waals surface area contributed by atoms with Crippen LogP contribution in [0.1, 0.15) is 26.5 Å². The second-order valence-corrected chi connectivity index (χ2v) is 3.91. The Morgan fingerprint density at radius 3 is 2.50 bits per heavy atom. The molecule has 104 valence electrons. The van der Waals surface area contributed by atoms with Crippen molar-refractivity contribution < 1.29 is 18.4 Å². The summed E-state index contributed by atoms with van der Waals surface area (Å²) in [6, 6.07) is 2.82. The molecule has 7 nitrogen and oxygen atoms in total. The van der Waals surface area contributed by atoms with Crippen LogP contribution in [0.5, 0.6) is 0 Å². The first kappa shape index (κ1) is 13.6. The second-order valence-electron chi connectivity index (χ2n) is 3.91. The number of rotatable bonds is 4. The summed E-state index contributed by atoms with van der Waals surface area (Å²) < 4.78 is 27.5. The zero-order valence-corrected chi connectivity index (χ0v) is 10.0. The van der Waals surface area contributed by atoms with E-state index in [0.717, 1.165) is 22.9 Å². The van der Waals surface area contributed by atoms with Crippen LogP contribution in [0.2, 0.25) is 0 Å². The maximum absolute atomic E-state index is 13.5. The quantitative estimate of drug-likeness (QED) is 0.807. The van der Waals surface area contributed by atoms with E-state index in [1.54, 1.807) is 0 Å². The molecule has 1 heterocycles. The first-order valence-electron chi connectivity index (χ1n) is 5.37. The Balaban J connectivity index is 2.46. The maximum atomic E-state index is 13.5. The molecule has 9 heteroatoms. The smallest absolute Gasteiger partial charge is 0.271 e. The van der Waals surface area contributed by atoms with Crippen LogP contribution in [0.25, 0.3) is 0 Å². The normalized spacial score (nSPS) is 10.5. The molecule has 0 aliphatic rings. The van der Waals surface area contributed by atoms with E-state index in [9.17, 15) is 18.4 Å².